The fraction of sp³-hybridized carbons (Fsp3) is 0.0769. The van der Waals surface area contributed by atoms with E-state index in [4.69, 9.17) is 15.2 Å². The molecule has 0 aliphatic heterocycles. The summed E-state index contributed by atoms with van der Waals surface area (Å²) in [5.41, 5.74) is 5.91. The first-order valence-electron chi connectivity index (χ1n) is 10.4. The molecular formula is C26H19N5O4. The van der Waals surface area contributed by atoms with E-state index in [1.807, 2.05) is 54.6 Å². The molecule has 0 atom stereocenters. The van der Waals surface area contributed by atoms with Crippen LogP contribution in [0, 0.1) is 22.7 Å². The number of benzene rings is 3. The van der Waals surface area contributed by atoms with Crippen molar-refractivity contribution in [1.82, 2.24) is 4.98 Å². The smallest absolute Gasteiger partial charge is 0.268 e. The third kappa shape index (κ3) is 4.47. The van der Waals surface area contributed by atoms with Crippen LogP contribution in [0.2, 0.25) is 0 Å². The van der Waals surface area contributed by atoms with Crippen LogP contribution in [0.5, 0.6) is 11.5 Å². The van der Waals surface area contributed by atoms with Gasteiger partial charge in [0.2, 0.25) is 0 Å². The summed E-state index contributed by atoms with van der Waals surface area (Å²) in [6.07, 6.45) is 0. The molecule has 35 heavy (non-hydrogen) atoms. The highest BCUT2D eigenvalue weighted by molar-refractivity contribution is 6.02. The number of fused-ring (bicyclic) bond motifs is 1. The number of rotatable bonds is 6. The molecule has 0 saturated carbocycles. The number of anilines is 2. The number of ether oxygens (including phenoxy) is 2. The first kappa shape index (κ1) is 22.9. The van der Waals surface area contributed by atoms with Crippen molar-refractivity contribution in [1.29, 1.82) is 10.5 Å². The number of H-pyrrole nitrogens is 1. The summed E-state index contributed by atoms with van der Waals surface area (Å²) in [4.78, 5) is 27.1. The van der Waals surface area contributed by atoms with Crippen LogP contribution in [0.1, 0.15) is 11.1 Å². The van der Waals surface area contributed by atoms with E-state index in [9.17, 15) is 20.1 Å². The molecule has 9 nitrogen and oxygen atoms in total. The van der Waals surface area contributed by atoms with Crippen LogP contribution >= 0.6 is 0 Å². The molecule has 0 unspecified atom stereocenters. The van der Waals surface area contributed by atoms with Gasteiger partial charge >= 0.3 is 0 Å². The van der Waals surface area contributed by atoms with E-state index in [-0.39, 0.29) is 46.5 Å². The number of amides is 1. The summed E-state index contributed by atoms with van der Waals surface area (Å²) in [5.74, 6) is -0.00414. The molecule has 4 rings (SSSR count). The topological polar surface area (TPSA) is 154 Å². The number of pyridine rings is 1. The van der Waals surface area contributed by atoms with Crippen molar-refractivity contribution in [2.45, 2.75) is 0 Å². The van der Waals surface area contributed by atoms with Gasteiger partial charge < -0.3 is 25.5 Å². The highest BCUT2D eigenvalue weighted by Gasteiger charge is 2.20. The van der Waals surface area contributed by atoms with Crippen molar-refractivity contribution in [2.24, 2.45) is 0 Å². The minimum Gasteiger partial charge on any atom is -0.493 e. The number of carbonyl (C=O) groups excluding carboxylic acids is 1. The molecule has 0 spiro atoms. The standard InChI is InChI=1S/C26H19N5O4/c1-34-22-11-16(24-18(12-27)25(29)31-26(33)19(24)13-28)9-10-21(22)35-14-23(32)30-20-8-4-6-15-5-2-3-7-17(15)20/h2-11H,14H2,1H3,(H,30,32)(H3,29,31,33). The third-order valence-corrected chi connectivity index (χ3v) is 5.34. The first-order chi connectivity index (χ1) is 17.0. The second-order valence-corrected chi connectivity index (χ2v) is 7.45. The number of methoxy groups -OCH3 is 1. The maximum Gasteiger partial charge on any atom is 0.268 e. The largest absolute Gasteiger partial charge is 0.493 e. The molecule has 4 N–H and O–H groups in total. The number of nitriles is 2. The van der Waals surface area contributed by atoms with E-state index in [2.05, 4.69) is 10.3 Å². The Labute approximate surface area is 199 Å². The SMILES string of the molecule is COc1cc(-c2c(C#N)c(N)[nH]c(=O)c2C#N)ccc1OCC(=O)Nc1cccc2ccccc12. The summed E-state index contributed by atoms with van der Waals surface area (Å²) in [6, 6.07) is 21.6. The Balaban J connectivity index is 1.59. The van der Waals surface area contributed by atoms with E-state index in [1.165, 1.54) is 19.2 Å². The van der Waals surface area contributed by atoms with Crippen LogP contribution in [0.3, 0.4) is 0 Å². The molecule has 1 amide bonds. The number of nitrogens with zero attached hydrogens (tertiary/aromatic N) is 2. The normalized spacial score (nSPS) is 10.3. The molecule has 3 aromatic carbocycles. The molecule has 9 heteroatoms. The molecule has 1 aromatic heterocycles. The van der Waals surface area contributed by atoms with Gasteiger partial charge in [0, 0.05) is 16.6 Å². The number of nitrogens with two attached hydrogens (primary N) is 1. The van der Waals surface area contributed by atoms with Crippen molar-refractivity contribution in [2.75, 3.05) is 24.8 Å². The van der Waals surface area contributed by atoms with Gasteiger partial charge in [0.05, 0.1) is 7.11 Å². The van der Waals surface area contributed by atoms with Gasteiger partial charge in [-0.2, -0.15) is 10.5 Å². The lowest BCUT2D eigenvalue weighted by molar-refractivity contribution is -0.118. The molecular weight excluding hydrogens is 446 g/mol. The van der Waals surface area contributed by atoms with E-state index in [0.717, 1.165) is 10.8 Å². The van der Waals surface area contributed by atoms with Crippen molar-refractivity contribution >= 4 is 28.2 Å². The molecule has 172 valence electrons. The number of carbonyl (C=O) groups is 1. The monoisotopic (exact) mass is 465 g/mol. The maximum atomic E-state index is 12.6. The van der Waals surface area contributed by atoms with Gasteiger partial charge in [-0.15, -0.1) is 0 Å². The fourth-order valence-electron chi connectivity index (χ4n) is 3.74. The summed E-state index contributed by atoms with van der Waals surface area (Å²) in [7, 11) is 1.41. The zero-order valence-electron chi connectivity index (χ0n) is 18.6. The van der Waals surface area contributed by atoms with Crippen LogP contribution in [0.15, 0.2) is 65.5 Å². The Bertz CT molecular complexity index is 1590. The van der Waals surface area contributed by atoms with Crippen LogP contribution in [0.4, 0.5) is 11.5 Å². The van der Waals surface area contributed by atoms with Gasteiger partial charge in [0.15, 0.2) is 18.1 Å². The van der Waals surface area contributed by atoms with Gasteiger partial charge in [-0.25, -0.2) is 0 Å². The lowest BCUT2D eigenvalue weighted by atomic mass is 9.96. The molecule has 0 aliphatic carbocycles. The predicted octanol–water partition coefficient (Wildman–Crippen LogP) is 3.55. The quantitative estimate of drug-likeness (QED) is 0.393. The average Bonchev–Trinajstić information content (AvgIpc) is 2.87. The number of hydrogen-bond donors (Lipinski definition) is 3. The summed E-state index contributed by atoms with van der Waals surface area (Å²) >= 11 is 0. The summed E-state index contributed by atoms with van der Waals surface area (Å²) in [6.45, 7) is -0.288. The third-order valence-electron chi connectivity index (χ3n) is 5.34. The highest BCUT2D eigenvalue weighted by atomic mass is 16.5. The highest BCUT2D eigenvalue weighted by Crippen LogP contribution is 2.35. The molecule has 1 heterocycles. The number of aromatic nitrogens is 1. The van der Waals surface area contributed by atoms with Gasteiger partial charge in [0.25, 0.3) is 11.5 Å². The zero-order valence-corrected chi connectivity index (χ0v) is 18.6. The van der Waals surface area contributed by atoms with Crippen LogP contribution in [0.25, 0.3) is 21.9 Å². The van der Waals surface area contributed by atoms with Gasteiger partial charge in [-0.3, -0.25) is 9.59 Å². The first-order valence-corrected chi connectivity index (χ1v) is 10.4. The lowest BCUT2D eigenvalue weighted by Gasteiger charge is -2.14. The van der Waals surface area contributed by atoms with Crippen molar-refractivity contribution < 1.29 is 14.3 Å². The molecule has 0 fully saturated rings. The van der Waals surface area contributed by atoms with E-state index < -0.39 is 5.56 Å². The van der Waals surface area contributed by atoms with Crippen LogP contribution in [-0.4, -0.2) is 24.6 Å². The Morgan fingerprint density at radius 2 is 1.77 bits per heavy atom. The molecule has 0 bridgehead atoms. The van der Waals surface area contributed by atoms with E-state index >= 15 is 0 Å². The number of nitrogens with one attached hydrogen (secondary N) is 2. The number of aromatic amines is 1. The molecule has 0 aliphatic rings. The van der Waals surface area contributed by atoms with Gasteiger partial charge in [-0.1, -0.05) is 42.5 Å². The number of nitrogen functional groups attached to an aromatic ring is 1. The zero-order chi connectivity index (χ0) is 24.9. The second-order valence-electron chi connectivity index (χ2n) is 7.45. The predicted molar refractivity (Wildman–Crippen MR) is 131 cm³/mol. The molecule has 4 aromatic rings. The molecule has 0 radical (unpaired) electrons. The van der Waals surface area contributed by atoms with Crippen LogP contribution in [-0.2, 0) is 4.79 Å². The van der Waals surface area contributed by atoms with Crippen molar-refractivity contribution in [3.63, 3.8) is 0 Å². The Hall–Kier alpha value is -5.28. The lowest BCUT2D eigenvalue weighted by Crippen LogP contribution is -2.20. The van der Waals surface area contributed by atoms with Crippen LogP contribution < -0.4 is 26.1 Å². The Morgan fingerprint density at radius 1 is 1.03 bits per heavy atom. The summed E-state index contributed by atoms with van der Waals surface area (Å²) < 4.78 is 11.0. The number of hydrogen-bond acceptors (Lipinski definition) is 7. The fourth-order valence-corrected chi connectivity index (χ4v) is 3.74. The minimum absolute atomic E-state index is 0.0358. The maximum absolute atomic E-state index is 12.6. The molecule has 0 saturated heterocycles. The van der Waals surface area contributed by atoms with Gasteiger partial charge in [0.1, 0.15) is 29.1 Å². The van der Waals surface area contributed by atoms with E-state index in [1.54, 1.807) is 6.07 Å². The van der Waals surface area contributed by atoms with Gasteiger partial charge in [-0.05, 0) is 29.1 Å². The van der Waals surface area contributed by atoms with Crippen molar-refractivity contribution in [3.8, 4) is 34.8 Å². The van der Waals surface area contributed by atoms with E-state index in [0.29, 0.717) is 11.3 Å². The minimum atomic E-state index is -0.705. The average molecular weight is 465 g/mol. The van der Waals surface area contributed by atoms with Crippen molar-refractivity contribution in [3.05, 3.63) is 82.1 Å². The Kier molecular flexibility index (Phi) is 6.34. The Morgan fingerprint density at radius 3 is 2.51 bits per heavy atom. The second kappa shape index (κ2) is 9.69. The summed E-state index contributed by atoms with van der Waals surface area (Å²) in [5, 5.41) is 23.7.